The average Bonchev–Trinajstić information content (AvgIpc) is 3.32. The predicted octanol–water partition coefficient (Wildman–Crippen LogP) is 6.89. The van der Waals surface area contributed by atoms with Crippen LogP contribution in [0.3, 0.4) is 0 Å². The van der Waals surface area contributed by atoms with Gasteiger partial charge in [0.15, 0.2) is 0 Å². The lowest BCUT2D eigenvalue weighted by atomic mass is 10.1. The van der Waals surface area contributed by atoms with Crippen molar-refractivity contribution in [3.8, 4) is 0 Å². The number of nitrogens with one attached hydrogen (secondary N) is 2. The minimum Gasteiger partial charge on any atom is -0.346 e. The van der Waals surface area contributed by atoms with Crippen LogP contribution in [0.1, 0.15) is 27.4 Å². The van der Waals surface area contributed by atoms with E-state index in [-0.39, 0.29) is 26.9 Å². The van der Waals surface area contributed by atoms with Crippen LogP contribution in [0.2, 0.25) is 10.0 Å². The van der Waals surface area contributed by atoms with Gasteiger partial charge in [0.1, 0.15) is 10.2 Å². The molecule has 35 heavy (non-hydrogen) atoms. The van der Waals surface area contributed by atoms with Gasteiger partial charge in [0.2, 0.25) is 5.91 Å². The van der Waals surface area contributed by atoms with Crippen molar-refractivity contribution in [3.05, 3.63) is 62.9 Å². The maximum absolute atomic E-state index is 13.5. The molecule has 1 aliphatic carbocycles. The van der Waals surface area contributed by atoms with Crippen LogP contribution >= 0.6 is 46.4 Å². The number of amides is 2. The molecule has 1 aliphatic rings. The minimum absolute atomic E-state index is 0.0646. The number of halogens is 10. The van der Waals surface area contributed by atoms with Gasteiger partial charge < -0.3 is 10.6 Å². The van der Waals surface area contributed by atoms with Crippen LogP contribution in [-0.2, 0) is 4.79 Å². The fourth-order valence-corrected chi connectivity index (χ4v) is 4.60. The predicted molar refractivity (Wildman–Crippen MR) is 120 cm³/mol. The number of benzene rings is 2. The molecule has 4 nitrogen and oxygen atoms in total. The van der Waals surface area contributed by atoms with E-state index in [2.05, 4.69) is 5.32 Å². The van der Waals surface area contributed by atoms with Crippen LogP contribution < -0.4 is 10.6 Å². The Kier molecular flexibility index (Phi) is 7.55. The zero-order valence-corrected chi connectivity index (χ0v) is 20.4. The molecule has 0 aliphatic heterocycles. The summed E-state index contributed by atoms with van der Waals surface area (Å²) in [5.74, 6) is -9.58. The number of carbonyl (C=O) groups excluding carboxylic acids is 2. The monoisotopic (exact) mass is 580 g/mol. The maximum atomic E-state index is 13.5. The zero-order chi connectivity index (χ0) is 26.5. The molecular formula is C21H14Cl4F6N2O2. The zero-order valence-electron chi connectivity index (χ0n) is 17.3. The summed E-state index contributed by atoms with van der Waals surface area (Å²) in [4.78, 5) is 25.1. The van der Waals surface area contributed by atoms with Gasteiger partial charge in [-0.3, -0.25) is 9.59 Å². The van der Waals surface area contributed by atoms with E-state index in [1.165, 1.54) is 30.4 Å². The molecule has 0 spiro atoms. The van der Waals surface area contributed by atoms with Crippen LogP contribution in [-0.4, -0.2) is 34.8 Å². The van der Waals surface area contributed by atoms with Gasteiger partial charge in [0.05, 0.1) is 17.5 Å². The molecule has 2 amide bonds. The highest BCUT2D eigenvalue weighted by atomic mass is 35.5. The third kappa shape index (κ3) is 5.60. The van der Waals surface area contributed by atoms with E-state index in [9.17, 15) is 35.9 Å². The first-order valence-corrected chi connectivity index (χ1v) is 11.1. The van der Waals surface area contributed by atoms with E-state index < -0.39 is 52.4 Å². The number of alkyl halides is 7. The molecular weight excluding hydrogens is 568 g/mol. The van der Waals surface area contributed by atoms with Gasteiger partial charge in [-0.15, -0.1) is 23.2 Å². The van der Waals surface area contributed by atoms with Crippen molar-refractivity contribution in [3.63, 3.8) is 0 Å². The smallest absolute Gasteiger partial charge is 0.346 e. The first kappa shape index (κ1) is 27.7. The second kappa shape index (κ2) is 9.53. The lowest BCUT2D eigenvalue weighted by Gasteiger charge is -2.20. The average molecular weight is 582 g/mol. The molecule has 2 unspecified atom stereocenters. The molecule has 1 saturated carbocycles. The van der Waals surface area contributed by atoms with Crippen molar-refractivity contribution in [1.29, 1.82) is 0 Å². The fraction of sp³-hybridized carbons (Fsp3) is 0.333. The van der Waals surface area contributed by atoms with Crippen molar-refractivity contribution in [2.75, 3.05) is 11.9 Å². The van der Waals surface area contributed by atoms with Crippen LogP contribution in [0, 0.1) is 18.7 Å². The lowest BCUT2D eigenvalue weighted by molar-refractivity contribution is -0.278. The largest absolute Gasteiger partial charge is 0.455 e. The number of hydrogen-bond acceptors (Lipinski definition) is 2. The van der Waals surface area contributed by atoms with Crippen LogP contribution in [0.15, 0.2) is 30.3 Å². The van der Waals surface area contributed by atoms with Crippen molar-refractivity contribution in [2.24, 2.45) is 5.92 Å². The van der Waals surface area contributed by atoms with Crippen LogP contribution in [0.5, 0.6) is 0 Å². The van der Waals surface area contributed by atoms with Crippen LogP contribution in [0.25, 0.3) is 0 Å². The standard InChI is InChI=1S/C21H14Cl4F6N2O2/c1-8-11(17(34)32-7-19(27,28)21(29,30)31)5-10(6-12(8)22)33-18(35)16-15(20(16,24)25)9-2-3-14(26)13(23)4-9/h2-6,15-16H,7H2,1H3,(H,32,34)(H,33,35). The molecule has 0 aromatic heterocycles. The van der Waals surface area contributed by atoms with Gasteiger partial charge in [0.25, 0.3) is 5.91 Å². The lowest BCUT2D eigenvalue weighted by Crippen LogP contribution is -2.46. The van der Waals surface area contributed by atoms with E-state index in [0.29, 0.717) is 5.56 Å². The van der Waals surface area contributed by atoms with Crippen LogP contribution in [0.4, 0.5) is 32.0 Å². The first-order chi connectivity index (χ1) is 16.0. The molecule has 1 fully saturated rings. The molecule has 2 aromatic carbocycles. The maximum Gasteiger partial charge on any atom is 0.455 e. The summed E-state index contributed by atoms with van der Waals surface area (Å²) in [6.45, 7) is -0.656. The van der Waals surface area contributed by atoms with Crippen molar-refractivity contribution >= 4 is 63.9 Å². The number of hydrogen-bond donors (Lipinski definition) is 2. The van der Waals surface area contributed by atoms with Gasteiger partial charge in [-0.05, 0) is 42.3 Å². The third-order valence-corrected chi connectivity index (χ3v) is 7.00. The highest BCUT2D eigenvalue weighted by Gasteiger charge is 2.67. The first-order valence-electron chi connectivity index (χ1n) is 9.64. The van der Waals surface area contributed by atoms with Crippen molar-refractivity contribution in [1.82, 2.24) is 5.32 Å². The Morgan fingerprint density at radius 3 is 2.23 bits per heavy atom. The molecule has 2 N–H and O–H groups in total. The Bertz CT molecular complexity index is 1190. The van der Waals surface area contributed by atoms with E-state index in [1.54, 1.807) is 0 Å². The summed E-state index contributed by atoms with van der Waals surface area (Å²) in [7, 11) is 0. The SMILES string of the molecule is Cc1c(Cl)cc(NC(=O)C2C(c3ccc(F)c(Cl)c3)C2(Cl)Cl)cc1C(=O)NCC(F)(F)C(F)(F)F. The molecule has 2 atom stereocenters. The Morgan fingerprint density at radius 2 is 1.66 bits per heavy atom. The minimum atomic E-state index is -5.85. The molecule has 0 saturated heterocycles. The molecule has 14 heteroatoms. The van der Waals surface area contributed by atoms with Crippen molar-refractivity contribution < 1.29 is 35.9 Å². The van der Waals surface area contributed by atoms with Gasteiger partial charge >= 0.3 is 12.1 Å². The summed E-state index contributed by atoms with van der Waals surface area (Å²) < 4.78 is 75.3. The summed E-state index contributed by atoms with van der Waals surface area (Å²) in [6.07, 6.45) is -5.85. The number of carbonyl (C=O) groups is 2. The van der Waals surface area contributed by atoms with Gasteiger partial charge in [-0.25, -0.2) is 4.39 Å². The molecule has 190 valence electrons. The van der Waals surface area contributed by atoms with Gasteiger partial charge in [0, 0.05) is 22.2 Å². The third-order valence-electron chi connectivity index (χ3n) is 5.38. The number of rotatable bonds is 6. The number of anilines is 1. The normalized spacial score (nSPS) is 19.3. The quantitative estimate of drug-likeness (QED) is 0.288. The van der Waals surface area contributed by atoms with Gasteiger partial charge in [-0.2, -0.15) is 22.0 Å². The second-order valence-electron chi connectivity index (χ2n) is 7.81. The highest BCUT2D eigenvalue weighted by Crippen LogP contribution is 2.65. The topological polar surface area (TPSA) is 58.2 Å². The molecule has 2 aromatic rings. The Morgan fingerprint density at radius 1 is 1.03 bits per heavy atom. The summed E-state index contributed by atoms with van der Waals surface area (Å²) >= 11 is 24.3. The Hall–Kier alpha value is -1.88. The van der Waals surface area contributed by atoms with E-state index in [4.69, 9.17) is 46.4 Å². The summed E-state index contributed by atoms with van der Waals surface area (Å²) in [5.41, 5.74) is 0.0672. The van der Waals surface area contributed by atoms with Crippen molar-refractivity contribution in [2.45, 2.75) is 29.3 Å². The summed E-state index contributed by atoms with van der Waals surface area (Å²) in [5, 5.41) is 3.68. The fourth-order valence-electron chi connectivity index (χ4n) is 3.37. The molecule has 0 radical (unpaired) electrons. The van der Waals surface area contributed by atoms with E-state index in [0.717, 1.165) is 12.1 Å². The van der Waals surface area contributed by atoms with E-state index in [1.807, 2.05) is 0 Å². The molecule has 3 rings (SSSR count). The van der Waals surface area contributed by atoms with Gasteiger partial charge in [-0.1, -0.05) is 29.3 Å². The highest BCUT2D eigenvalue weighted by molar-refractivity contribution is 6.53. The summed E-state index contributed by atoms with van der Waals surface area (Å²) in [6, 6.07) is 6.02. The molecule has 0 bridgehead atoms. The Balaban J connectivity index is 1.78. The molecule has 0 heterocycles. The second-order valence-corrected chi connectivity index (χ2v) is 10.1. The van der Waals surface area contributed by atoms with E-state index >= 15 is 0 Å². The Labute approximate surface area is 214 Å².